The van der Waals surface area contributed by atoms with Crippen LogP contribution in [-0.2, 0) is 15.3 Å². The zero-order valence-corrected chi connectivity index (χ0v) is 11.6. The molecule has 5 heteroatoms. The number of thioether (sulfide) groups is 1. The fraction of sp³-hybridized carbons (Fsp3) is 0.429. The Bertz CT molecular complexity index is 450. The smallest absolute Gasteiger partial charge is 0.223 e. The van der Waals surface area contributed by atoms with Crippen LogP contribution in [-0.4, -0.2) is 35.6 Å². The number of amides is 2. The van der Waals surface area contributed by atoms with Gasteiger partial charge in [-0.1, -0.05) is 30.3 Å². The topological polar surface area (TPSA) is 63.4 Å². The Hall–Kier alpha value is -1.49. The van der Waals surface area contributed by atoms with E-state index in [1.165, 1.54) is 5.56 Å². The summed E-state index contributed by atoms with van der Waals surface area (Å²) in [4.78, 5) is 24.5. The van der Waals surface area contributed by atoms with Crippen LogP contribution in [0.25, 0.3) is 0 Å². The van der Waals surface area contributed by atoms with Crippen molar-refractivity contribution >= 4 is 23.6 Å². The number of carbonyl (C=O) groups is 2. The third kappa shape index (κ3) is 3.99. The van der Waals surface area contributed by atoms with Gasteiger partial charge in [0.25, 0.3) is 0 Å². The second-order valence-corrected chi connectivity index (χ2v) is 5.79. The predicted molar refractivity (Wildman–Crippen MR) is 76.5 cm³/mol. The first-order valence-electron chi connectivity index (χ1n) is 6.35. The molecule has 2 N–H and O–H groups in total. The van der Waals surface area contributed by atoms with E-state index in [4.69, 9.17) is 5.73 Å². The van der Waals surface area contributed by atoms with E-state index in [1.54, 1.807) is 16.7 Å². The van der Waals surface area contributed by atoms with Crippen molar-refractivity contribution in [2.45, 2.75) is 12.2 Å². The molecule has 102 valence electrons. The van der Waals surface area contributed by atoms with Crippen molar-refractivity contribution in [3.8, 4) is 0 Å². The van der Waals surface area contributed by atoms with Crippen molar-refractivity contribution in [2.75, 3.05) is 18.8 Å². The monoisotopic (exact) mass is 278 g/mol. The molecule has 0 spiro atoms. The Morgan fingerprint density at radius 3 is 2.74 bits per heavy atom. The van der Waals surface area contributed by atoms with Crippen LogP contribution in [0.4, 0.5) is 0 Å². The molecule has 1 heterocycles. The van der Waals surface area contributed by atoms with Crippen molar-refractivity contribution in [1.29, 1.82) is 0 Å². The Labute approximate surface area is 117 Å². The zero-order valence-electron chi connectivity index (χ0n) is 10.7. The highest BCUT2D eigenvalue weighted by atomic mass is 32.2. The molecule has 0 bridgehead atoms. The third-order valence-corrected chi connectivity index (χ3v) is 4.24. The fourth-order valence-corrected chi connectivity index (χ4v) is 3.04. The highest BCUT2D eigenvalue weighted by molar-refractivity contribution is 7.98. The summed E-state index contributed by atoms with van der Waals surface area (Å²) < 4.78 is 0. The number of nitrogens with two attached hydrogens (primary N) is 1. The maximum atomic E-state index is 11.7. The van der Waals surface area contributed by atoms with Gasteiger partial charge in [-0.15, -0.1) is 0 Å². The van der Waals surface area contributed by atoms with Gasteiger partial charge >= 0.3 is 0 Å². The van der Waals surface area contributed by atoms with Crippen LogP contribution in [0.1, 0.15) is 12.0 Å². The minimum atomic E-state index is -0.368. The fourth-order valence-electron chi connectivity index (χ4n) is 2.12. The van der Waals surface area contributed by atoms with E-state index in [1.807, 2.05) is 18.2 Å². The first-order valence-corrected chi connectivity index (χ1v) is 7.51. The highest BCUT2D eigenvalue weighted by Gasteiger charge is 2.32. The maximum absolute atomic E-state index is 11.7. The Morgan fingerprint density at radius 1 is 1.37 bits per heavy atom. The average molecular weight is 278 g/mol. The standard InChI is InChI=1S/C14H18N2O2S/c15-14(18)12-8-13(17)16(9-12)6-7-19-10-11-4-2-1-3-5-11/h1-5,12H,6-10H2,(H2,15,18). The maximum Gasteiger partial charge on any atom is 0.223 e. The number of benzene rings is 1. The SMILES string of the molecule is NC(=O)C1CC(=O)N(CCSCc2ccccc2)C1. The van der Waals surface area contributed by atoms with Gasteiger partial charge in [0, 0.05) is 31.0 Å². The van der Waals surface area contributed by atoms with E-state index < -0.39 is 0 Å². The van der Waals surface area contributed by atoms with E-state index in [2.05, 4.69) is 12.1 Å². The summed E-state index contributed by atoms with van der Waals surface area (Å²) in [6.07, 6.45) is 0.276. The molecule has 1 atom stereocenters. The van der Waals surface area contributed by atoms with Gasteiger partial charge in [-0.3, -0.25) is 9.59 Å². The van der Waals surface area contributed by atoms with Crippen molar-refractivity contribution < 1.29 is 9.59 Å². The lowest BCUT2D eigenvalue weighted by atomic mass is 10.1. The molecule has 2 rings (SSSR count). The zero-order chi connectivity index (χ0) is 13.7. The number of rotatable bonds is 6. The summed E-state index contributed by atoms with van der Waals surface area (Å²) in [6.45, 7) is 1.18. The molecule has 1 aromatic carbocycles. The number of carbonyl (C=O) groups excluding carboxylic acids is 2. The van der Waals surface area contributed by atoms with Crippen LogP contribution < -0.4 is 5.73 Å². The lowest BCUT2D eigenvalue weighted by Crippen LogP contribution is -2.30. The highest BCUT2D eigenvalue weighted by Crippen LogP contribution is 2.18. The molecule has 1 unspecified atom stereocenters. The van der Waals surface area contributed by atoms with Gasteiger partial charge in [0.1, 0.15) is 0 Å². The van der Waals surface area contributed by atoms with Crippen LogP contribution in [0.3, 0.4) is 0 Å². The molecule has 0 radical (unpaired) electrons. The molecule has 0 saturated carbocycles. The van der Waals surface area contributed by atoms with E-state index in [0.717, 1.165) is 11.5 Å². The molecule has 4 nitrogen and oxygen atoms in total. The molecule has 1 saturated heterocycles. The molecule has 2 amide bonds. The normalized spacial score (nSPS) is 18.8. The van der Waals surface area contributed by atoms with Gasteiger partial charge < -0.3 is 10.6 Å². The van der Waals surface area contributed by atoms with E-state index >= 15 is 0 Å². The lowest BCUT2D eigenvalue weighted by Gasteiger charge is -2.15. The molecule has 1 fully saturated rings. The van der Waals surface area contributed by atoms with Crippen molar-refractivity contribution in [3.63, 3.8) is 0 Å². The van der Waals surface area contributed by atoms with Crippen LogP contribution >= 0.6 is 11.8 Å². The Morgan fingerprint density at radius 2 is 2.11 bits per heavy atom. The number of primary amides is 1. The van der Waals surface area contributed by atoms with Crippen molar-refractivity contribution in [3.05, 3.63) is 35.9 Å². The van der Waals surface area contributed by atoms with Gasteiger partial charge in [0.15, 0.2) is 0 Å². The van der Waals surface area contributed by atoms with Crippen LogP contribution in [0.15, 0.2) is 30.3 Å². The second kappa shape index (κ2) is 6.61. The summed E-state index contributed by atoms with van der Waals surface area (Å²) in [5.74, 6) is 1.21. The summed E-state index contributed by atoms with van der Waals surface area (Å²) in [7, 11) is 0. The lowest BCUT2D eigenvalue weighted by molar-refractivity contribution is -0.128. The molecular weight excluding hydrogens is 260 g/mol. The largest absolute Gasteiger partial charge is 0.369 e. The van der Waals surface area contributed by atoms with Gasteiger partial charge in [0.2, 0.25) is 11.8 Å². The summed E-state index contributed by atoms with van der Waals surface area (Å²) in [6, 6.07) is 10.2. The third-order valence-electron chi connectivity index (χ3n) is 3.23. The minimum absolute atomic E-state index is 0.0455. The van der Waals surface area contributed by atoms with E-state index in [0.29, 0.717) is 13.1 Å². The van der Waals surface area contributed by atoms with Crippen LogP contribution in [0.5, 0.6) is 0 Å². The van der Waals surface area contributed by atoms with Gasteiger partial charge in [-0.2, -0.15) is 11.8 Å². The minimum Gasteiger partial charge on any atom is -0.369 e. The molecule has 1 aromatic rings. The Balaban J connectivity index is 1.69. The van der Waals surface area contributed by atoms with Crippen molar-refractivity contribution in [2.24, 2.45) is 11.7 Å². The molecule has 1 aliphatic heterocycles. The predicted octanol–water partition coefficient (Wildman–Crippen LogP) is 1.25. The molecular formula is C14H18N2O2S. The summed E-state index contributed by atoms with van der Waals surface area (Å²) >= 11 is 1.79. The van der Waals surface area contributed by atoms with E-state index in [9.17, 15) is 9.59 Å². The summed E-state index contributed by atoms with van der Waals surface area (Å²) in [5, 5.41) is 0. The van der Waals surface area contributed by atoms with Gasteiger partial charge in [0.05, 0.1) is 5.92 Å². The number of nitrogens with zero attached hydrogens (tertiary/aromatic N) is 1. The average Bonchev–Trinajstić information content (AvgIpc) is 2.78. The number of hydrogen-bond acceptors (Lipinski definition) is 3. The van der Waals surface area contributed by atoms with Crippen LogP contribution in [0, 0.1) is 5.92 Å². The number of likely N-dealkylation sites (tertiary alicyclic amines) is 1. The molecule has 1 aliphatic rings. The molecule has 19 heavy (non-hydrogen) atoms. The molecule has 0 aromatic heterocycles. The van der Waals surface area contributed by atoms with Crippen molar-refractivity contribution in [1.82, 2.24) is 4.90 Å². The van der Waals surface area contributed by atoms with Gasteiger partial charge in [-0.05, 0) is 5.56 Å². The first kappa shape index (κ1) is 13.9. The first-order chi connectivity index (χ1) is 9.16. The number of hydrogen-bond donors (Lipinski definition) is 1. The van der Waals surface area contributed by atoms with E-state index in [-0.39, 0.29) is 24.2 Å². The second-order valence-electron chi connectivity index (χ2n) is 4.68. The summed E-state index contributed by atoms with van der Waals surface area (Å²) in [5.41, 5.74) is 6.52. The molecule has 0 aliphatic carbocycles. The Kier molecular flexibility index (Phi) is 4.85. The van der Waals surface area contributed by atoms with Gasteiger partial charge in [-0.25, -0.2) is 0 Å². The quantitative estimate of drug-likeness (QED) is 0.797. The van der Waals surface area contributed by atoms with Crippen LogP contribution in [0.2, 0.25) is 0 Å².